The number of nitrogens with one attached hydrogen (secondary N) is 1. The normalized spacial score (nSPS) is 11.2. The van der Waals surface area contributed by atoms with Gasteiger partial charge in [0, 0.05) is 12.1 Å². The molecule has 3 aromatic rings. The molecule has 6 heteroatoms. The fourth-order valence-corrected chi connectivity index (χ4v) is 2.73. The van der Waals surface area contributed by atoms with Crippen molar-refractivity contribution >= 4 is 0 Å². The lowest BCUT2D eigenvalue weighted by Crippen LogP contribution is -2.24. The molecule has 0 aromatic heterocycles. The number of hydrogen-bond donors (Lipinski definition) is 1. The van der Waals surface area contributed by atoms with Crippen LogP contribution in [-0.2, 0) is 6.54 Å². The third kappa shape index (κ3) is 3.46. The van der Waals surface area contributed by atoms with Crippen LogP contribution in [0.5, 0.6) is 0 Å². The highest BCUT2D eigenvalue weighted by Crippen LogP contribution is 2.26. The van der Waals surface area contributed by atoms with Crippen LogP contribution in [0.2, 0.25) is 0 Å². The van der Waals surface area contributed by atoms with Crippen molar-refractivity contribution in [3.63, 3.8) is 0 Å². The molecule has 0 aliphatic rings. The van der Waals surface area contributed by atoms with Crippen molar-refractivity contribution in [1.29, 1.82) is 0 Å². The molecule has 3 rings (SSSR count). The summed E-state index contributed by atoms with van der Waals surface area (Å²) in [7, 11) is 0. The summed E-state index contributed by atoms with van der Waals surface area (Å²) in [5.41, 5.74) is 0.698. The smallest absolute Gasteiger partial charge is 0.200 e. The van der Waals surface area contributed by atoms with E-state index in [2.05, 4.69) is 5.32 Å². The fraction of sp³-hybridized carbons (Fsp3) is 0.100. The van der Waals surface area contributed by atoms with Gasteiger partial charge in [-0.05, 0) is 11.1 Å². The monoisotopic (exact) mass is 363 g/mol. The highest BCUT2D eigenvalue weighted by molar-refractivity contribution is 5.32. The minimum absolute atomic E-state index is 0.479. The van der Waals surface area contributed by atoms with E-state index < -0.39 is 47.2 Å². The maximum absolute atomic E-state index is 13.9. The summed E-state index contributed by atoms with van der Waals surface area (Å²) in [5.74, 6) is -9.71. The van der Waals surface area contributed by atoms with Crippen molar-refractivity contribution in [2.45, 2.75) is 12.6 Å². The van der Waals surface area contributed by atoms with Crippen molar-refractivity contribution in [3.05, 3.63) is 106 Å². The Balaban J connectivity index is 1.95. The van der Waals surface area contributed by atoms with Crippen molar-refractivity contribution in [2.24, 2.45) is 0 Å². The average molecular weight is 363 g/mol. The standard InChI is InChI=1S/C20H14F5N/c21-15-14(16(22)18(24)19(25)17(15)23)11-26-20(12-7-3-1-4-8-12)13-9-5-2-6-10-13/h1-10,20,26H,11H2. The van der Waals surface area contributed by atoms with Crippen LogP contribution in [0.4, 0.5) is 22.0 Å². The van der Waals surface area contributed by atoms with Crippen LogP contribution in [0, 0.1) is 29.1 Å². The predicted octanol–water partition coefficient (Wildman–Crippen LogP) is 5.26. The summed E-state index contributed by atoms with van der Waals surface area (Å²) in [6, 6.07) is 17.6. The summed E-state index contributed by atoms with van der Waals surface area (Å²) in [6.45, 7) is -0.528. The fourth-order valence-electron chi connectivity index (χ4n) is 2.73. The topological polar surface area (TPSA) is 12.0 Å². The average Bonchev–Trinajstić information content (AvgIpc) is 2.69. The molecule has 26 heavy (non-hydrogen) atoms. The first kappa shape index (κ1) is 18.1. The minimum atomic E-state index is -2.16. The van der Waals surface area contributed by atoms with Crippen molar-refractivity contribution in [2.75, 3.05) is 0 Å². The van der Waals surface area contributed by atoms with E-state index in [1.807, 2.05) is 36.4 Å². The molecule has 0 bridgehead atoms. The molecule has 0 heterocycles. The lowest BCUT2D eigenvalue weighted by molar-refractivity contribution is 0.366. The van der Waals surface area contributed by atoms with Gasteiger partial charge >= 0.3 is 0 Å². The number of rotatable bonds is 5. The van der Waals surface area contributed by atoms with Gasteiger partial charge in [0.1, 0.15) is 0 Å². The number of benzene rings is 3. The first-order chi connectivity index (χ1) is 12.5. The largest absolute Gasteiger partial charge is 0.302 e. The molecular weight excluding hydrogens is 349 g/mol. The zero-order chi connectivity index (χ0) is 18.7. The highest BCUT2D eigenvalue weighted by Gasteiger charge is 2.26. The summed E-state index contributed by atoms with van der Waals surface area (Å²) < 4.78 is 67.7. The lowest BCUT2D eigenvalue weighted by atomic mass is 9.98. The summed E-state index contributed by atoms with van der Waals surface area (Å²) in [6.07, 6.45) is 0. The van der Waals surface area contributed by atoms with Gasteiger partial charge in [-0.2, -0.15) is 0 Å². The second-order valence-electron chi connectivity index (χ2n) is 5.68. The zero-order valence-electron chi connectivity index (χ0n) is 13.4. The van der Waals surface area contributed by atoms with Crippen LogP contribution in [0.15, 0.2) is 60.7 Å². The van der Waals surface area contributed by atoms with Crippen LogP contribution < -0.4 is 5.32 Å². The Morgan fingerprint density at radius 2 is 0.962 bits per heavy atom. The van der Waals surface area contributed by atoms with Gasteiger partial charge < -0.3 is 5.32 Å². The SMILES string of the molecule is Fc1c(F)c(F)c(CNC(c2ccccc2)c2ccccc2)c(F)c1F. The van der Waals surface area contributed by atoms with E-state index in [-0.39, 0.29) is 0 Å². The maximum Gasteiger partial charge on any atom is 0.200 e. The Bertz CT molecular complexity index is 829. The summed E-state index contributed by atoms with van der Waals surface area (Å²) >= 11 is 0. The molecule has 0 aliphatic carbocycles. The highest BCUT2D eigenvalue weighted by atomic mass is 19.2. The van der Waals surface area contributed by atoms with Gasteiger partial charge in [0.05, 0.1) is 6.04 Å². The molecule has 0 aliphatic heterocycles. The van der Waals surface area contributed by atoms with Gasteiger partial charge in [0.15, 0.2) is 23.3 Å². The molecular formula is C20H14F5N. The molecule has 3 aromatic carbocycles. The van der Waals surface area contributed by atoms with Crippen molar-refractivity contribution < 1.29 is 22.0 Å². The van der Waals surface area contributed by atoms with Crippen molar-refractivity contribution in [3.8, 4) is 0 Å². The number of hydrogen-bond acceptors (Lipinski definition) is 1. The zero-order valence-corrected chi connectivity index (χ0v) is 13.4. The molecule has 0 atom stereocenters. The van der Waals surface area contributed by atoms with E-state index >= 15 is 0 Å². The van der Waals surface area contributed by atoms with E-state index in [1.54, 1.807) is 24.3 Å². The molecule has 0 fully saturated rings. The van der Waals surface area contributed by atoms with Crippen LogP contribution in [0.1, 0.15) is 22.7 Å². The second-order valence-corrected chi connectivity index (χ2v) is 5.68. The van der Waals surface area contributed by atoms with Gasteiger partial charge in [-0.1, -0.05) is 60.7 Å². The molecule has 0 radical (unpaired) electrons. The molecule has 0 saturated carbocycles. The molecule has 0 amide bonds. The van der Waals surface area contributed by atoms with Gasteiger partial charge in [0.25, 0.3) is 0 Å². The molecule has 0 unspecified atom stereocenters. The van der Waals surface area contributed by atoms with E-state index in [0.29, 0.717) is 0 Å². The first-order valence-electron chi connectivity index (χ1n) is 7.84. The molecule has 0 spiro atoms. The summed E-state index contributed by atoms with van der Waals surface area (Å²) in [4.78, 5) is 0. The van der Waals surface area contributed by atoms with Gasteiger partial charge in [0.2, 0.25) is 5.82 Å². The third-order valence-electron chi connectivity index (χ3n) is 4.05. The Morgan fingerprint density at radius 3 is 1.38 bits per heavy atom. The van der Waals surface area contributed by atoms with Gasteiger partial charge in [-0.15, -0.1) is 0 Å². The van der Waals surface area contributed by atoms with Crippen LogP contribution in [-0.4, -0.2) is 0 Å². The van der Waals surface area contributed by atoms with Gasteiger partial charge in [-0.3, -0.25) is 0 Å². The van der Waals surface area contributed by atoms with Gasteiger partial charge in [-0.25, -0.2) is 22.0 Å². The lowest BCUT2D eigenvalue weighted by Gasteiger charge is -2.20. The van der Waals surface area contributed by atoms with Crippen molar-refractivity contribution in [1.82, 2.24) is 5.32 Å². The Labute approximate surface area is 147 Å². The first-order valence-corrected chi connectivity index (χ1v) is 7.84. The Hall–Kier alpha value is -2.73. The Kier molecular flexibility index (Phi) is 5.32. The van der Waals surface area contributed by atoms with E-state index in [1.165, 1.54) is 0 Å². The Morgan fingerprint density at radius 1 is 0.577 bits per heavy atom. The minimum Gasteiger partial charge on any atom is -0.302 e. The van der Waals surface area contributed by atoms with E-state index in [0.717, 1.165) is 11.1 Å². The number of halogens is 5. The van der Waals surface area contributed by atoms with E-state index in [9.17, 15) is 22.0 Å². The quantitative estimate of drug-likeness (QED) is 0.370. The van der Waals surface area contributed by atoms with Crippen LogP contribution in [0.3, 0.4) is 0 Å². The van der Waals surface area contributed by atoms with Crippen LogP contribution >= 0.6 is 0 Å². The van der Waals surface area contributed by atoms with Crippen LogP contribution in [0.25, 0.3) is 0 Å². The maximum atomic E-state index is 13.9. The molecule has 134 valence electrons. The molecule has 1 nitrogen and oxygen atoms in total. The third-order valence-corrected chi connectivity index (χ3v) is 4.05. The molecule has 1 N–H and O–H groups in total. The second kappa shape index (κ2) is 7.66. The van der Waals surface area contributed by atoms with E-state index in [4.69, 9.17) is 0 Å². The molecule has 0 saturated heterocycles. The predicted molar refractivity (Wildman–Crippen MR) is 87.8 cm³/mol. The summed E-state index contributed by atoms with van der Waals surface area (Å²) in [5, 5.41) is 2.89.